The van der Waals surface area contributed by atoms with Crippen LogP contribution >= 0.6 is 0 Å². The highest BCUT2D eigenvalue weighted by Crippen LogP contribution is 2.30. The van der Waals surface area contributed by atoms with Crippen molar-refractivity contribution in [2.24, 2.45) is 5.92 Å². The summed E-state index contributed by atoms with van der Waals surface area (Å²) in [4.78, 5) is 35.5. The summed E-state index contributed by atoms with van der Waals surface area (Å²) in [6, 6.07) is 14.0. The zero-order valence-corrected chi connectivity index (χ0v) is 14.3. The Morgan fingerprint density at radius 3 is 2.00 bits per heavy atom. The van der Waals surface area contributed by atoms with Gasteiger partial charge in [0.15, 0.2) is 0 Å². The number of nitrogens with zero attached hydrogens (tertiary/aromatic N) is 1. The summed E-state index contributed by atoms with van der Waals surface area (Å²) >= 11 is 0. The van der Waals surface area contributed by atoms with Gasteiger partial charge in [-0.05, 0) is 61.4 Å². The van der Waals surface area contributed by atoms with Gasteiger partial charge in [0.2, 0.25) is 5.91 Å². The highest BCUT2D eigenvalue weighted by molar-refractivity contribution is 5.97. The lowest BCUT2D eigenvalue weighted by Gasteiger charge is -2.10. The molecule has 0 bridgehead atoms. The van der Waals surface area contributed by atoms with Crippen molar-refractivity contribution in [3.05, 3.63) is 59.7 Å². The van der Waals surface area contributed by atoms with Gasteiger partial charge in [-0.2, -0.15) is 5.26 Å². The van der Waals surface area contributed by atoms with E-state index in [0.29, 0.717) is 22.5 Å². The third-order valence-electron chi connectivity index (χ3n) is 3.92. The Balaban J connectivity index is 1.46. The van der Waals surface area contributed by atoms with Crippen molar-refractivity contribution in [3.63, 3.8) is 0 Å². The lowest BCUT2D eigenvalue weighted by atomic mass is 10.1. The minimum atomic E-state index is -0.619. The number of hydrazine groups is 1. The fourth-order valence-electron chi connectivity index (χ4n) is 2.27. The molecule has 0 aliphatic heterocycles. The zero-order valence-electron chi connectivity index (χ0n) is 14.3. The predicted octanol–water partition coefficient (Wildman–Crippen LogP) is 2.37. The van der Waals surface area contributed by atoms with Gasteiger partial charge in [0.1, 0.15) is 0 Å². The molecule has 0 radical (unpaired) electrons. The molecule has 1 fully saturated rings. The fraction of sp³-hybridized carbons (Fsp3) is 0.158. The number of amides is 4. The molecule has 4 amide bonds. The molecule has 8 nitrogen and oxygen atoms in total. The van der Waals surface area contributed by atoms with E-state index in [9.17, 15) is 14.4 Å². The Labute approximate surface area is 155 Å². The first-order chi connectivity index (χ1) is 13.0. The molecular formula is C19H17N5O3. The van der Waals surface area contributed by atoms with Crippen LogP contribution in [0.2, 0.25) is 0 Å². The lowest BCUT2D eigenvalue weighted by Crippen LogP contribution is -2.43. The Hall–Kier alpha value is -3.86. The maximum absolute atomic E-state index is 11.9. The number of urea groups is 1. The van der Waals surface area contributed by atoms with Crippen LogP contribution in [-0.2, 0) is 4.79 Å². The molecule has 0 aromatic heterocycles. The average Bonchev–Trinajstić information content (AvgIpc) is 3.53. The minimum absolute atomic E-state index is 0.0129. The average molecular weight is 363 g/mol. The van der Waals surface area contributed by atoms with Crippen LogP contribution in [0.15, 0.2) is 48.5 Å². The van der Waals surface area contributed by atoms with E-state index in [1.165, 1.54) is 24.3 Å². The third-order valence-corrected chi connectivity index (χ3v) is 3.92. The molecule has 1 aliphatic carbocycles. The fourth-order valence-corrected chi connectivity index (χ4v) is 2.27. The van der Waals surface area contributed by atoms with E-state index in [-0.39, 0.29) is 11.8 Å². The summed E-state index contributed by atoms with van der Waals surface area (Å²) in [5.41, 5.74) is 6.43. The van der Waals surface area contributed by atoms with Crippen LogP contribution < -0.4 is 21.5 Å². The molecule has 3 rings (SSSR count). The molecule has 2 aromatic carbocycles. The highest BCUT2D eigenvalue weighted by atomic mass is 16.2. The topological polar surface area (TPSA) is 123 Å². The second kappa shape index (κ2) is 8.01. The molecule has 0 unspecified atom stereocenters. The molecule has 8 heteroatoms. The summed E-state index contributed by atoms with van der Waals surface area (Å²) in [6.45, 7) is 0. The van der Waals surface area contributed by atoms with Crippen LogP contribution in [0.4, 0.5) is 16.2 Å². The largest absolute Gasteiger partial charge is 0.337 e. The van der Waals surface area contributed by atoms with Crippen molar-refractivity contribution in [2.45, 2.75) is 12.8 Å². The van der Waals surface area contributed by atoms with Gasteiger partial charge < -0.3 is 10.6 Å². The number of rotatable bonds is 4. The van der Waals surface area contributed by atoms with E-state index in [1.807, 2.05) is 6.07 Å². The van der Waals surface area contributed by atoms with Gasteiger partial charge in [-0.3, -0.25) is 15.0 Å². The SMILES string of the molecule is N#Cc1ccc(C(=O)NNC(=O)Nc2ccc(NC(=O)C3CC3)cc2)cc1. The Bertz CT molecular complexity index is 896. The van der Waals surface area contributed by atoms with Gasteiger partial charge in [0, 0.05) is 22.9 Å². The van der Waals surface area contributed by atoms with E-state index >= 15 is 0 Å². The van der Waals surface area contributed by atoms with Crippen molar-refractivity contribution in [3.8, 4) is 6.07 Å². The number of nitriles is 1. The van der Waals surface area contributed by atoms with Crippen LogP contribution in [0.3, 0.4) is 0 Å². The number of anilines is 2. The normalized spacial score (nSPS) is 12.4. The molecule has 1 saturated carbocycles. The standard InChI is InChI=1S/C19H17N5O3/c20-11-12-1-3-14(4-2-12)18(26)23-24-19(27)22-16-9-7-15(8-10-16)21-17(25)13-5-6-13/h1-4,7-10,13H,5-6H2,(H,21,25)(H,23,26)(H2,22,24,27). The molecule has 27 heavy (non-hydrogen) atoms. The summed E-state index contributed by atoms with van der Waals surface area (Å²) in [5, 5.41) is 14.1. The van der Waals surface area contributed by atoms with E-state index in [2.05, 4.69) is 21.5 Å². The predicted molar refractivity (Wildman–Crippen MR) is 98.6 cm³/mol. The Morgan fingerprint density at radius 2 is 1.44 bits per heavy atom. The smallest absolute Gasteiger partial charge is 0.326 e. The summed E-state index contributed by atoms with van der Waals surface area (Å²) < 4.78 is 0. The van der Waals surface area contributed by atoms with E-state index in [0.717, 1.165) is 12.8 Å². The van der Waals surface area contributed by atoms with Crippen LogP contribution in [0, 0.1) is 17.2 Å². The zero-order chi connectivity index (χ0) is 19.2. The van der Waals surface area contributed by atoms with Crippen LogP contribution in [-0.4, -0.2) is 17.8 Å². The van der Waals surface area contributed by atoms with Gasteiger partial charge in [0.05, 0.1) is 11.6 Å². The maximum Gasteiger partial charge on any atom is 0.337 e. The minimum Gasteiger partial charge on any atom is -0.326 e. The van der Waals surface area contributed by atoms with Gasteiger partial charge in [-0.1, -0.05) is 0 Å². The van der Waals surface area contributed by atoms with E-state index < -0.39 is 11.9 Å². The maximum atomic E-state index is 11.9. The van der Waals surface area contributed by atoms with E-state index in [4.69, 9.17) is 5.26 Å². The summed E-state index contributed by atoms with van der Waals surface area (Å²) in [7, 11) is 0. The Morgan fingerprint density at radius 1 is 0.852 bits per heavy atom. The van der Waals surface area contributed by atoms with Crippen molar-refractivity contribution in [1.29, 1.82) is 5.26 Å². The number of carbonyl (C=O) groups excluding carboxylic acids is 3. The number of nitrogens with one attached hydrogen (secondary N) is 4. The van der Waals surface area contributed by atoms with Gasteiger partial charge >= 0.3 is 6.03 Å². The number of hydrogen-bond acceptors (Lipinski definition) is 4. The first kappa shape index (κ1) is 17.9. The second-order valence-electron chi connectivity index (χ2n) is 6.06. The van der Waals surface area contributed by atoms with Crippen LogP contribution in [0.5, 0.6) is 0 Å². The first-order valence-corrected chi connectivity index (χ1v) is 8.33. The summed E-state index contributed by atoms with van der Waals surface area (Å²) in [6.07, 6.45) is 1.86. The third kappa shape index (κ3) is 5.06. The van der Waals surface area contributed by atoms with Crippen molar-refractivity contribution < 1.29 is 14.4 Å². The number of benzene rings is 2. The second-order valence-corrected chi connectivity index (χ2v) is 6.06. The van der Waals surface area contributed by atoms with Crippen LogP contribution in [0.25, 0.3) is 0 Å². The number of hydrogen-bond donors (Lipinski definition) is 4. The summed E-state index contributed by atoms with van der Waals surface area (Å²) in [5.74, 6) is -0.375. The van der Waals surface area contributed by atoms with Gasteiger partial charge in [-0.25, -0.2) is 10.2 Å². The lowest BCUT2D eigenvalue weighted by molar-refractivity contribution is -0.117. The quantitative estimate of drug-likeness (QED) is 0.623. The van der Waals surface area contributed by atoms with Gasteiger partial charge in [0.25, 0.3) is 5.91 Å². The van der Waals surface area contributed by atoms with Crippen LogP contribution in [0.1, 0.15) is 28.8 Å². The molecule has 0 saturated heterocycles. The Kier molecular flexibility index (Phi) is 5.33. The molecule has 0 atom stereocenters. The molecule has 2 aromatic rings. The van der Waals surface area contributed by atoms with Crippen molar-refractivity contribution in [2.75, 3.05) is 10.6 Å². The highest BCUT2D eigenvalue weighted by Gasteiger charge is 2.29. The molecular weight excluding hydrogens is 346 g/mol. The van der Waals surface area contributed by atoms with Crippen molar-refractivity contribution in [1.82, 2.24) is 10.9 Å². The van der Waals surface area contributed by atoms with Crippen molar-refractivity contribution >= 4 is 29.2 Å². The first-order valence-electron chi connectivity index (χ1n) is 8.33. The molecule has 0 heterocycles. The molecule has 4 N–H and O–H groups in total. The van der Waals surface area contributed by atoms with E-state index in [1.54, 1.807) is 24.3 Å². The number of carbonyl (C=O) groups is 3. The molecule has 0 spiro atoms. The van der Waals surface area contributed by atoms with Gasteiger partial charge in [-0.15, -0.1) is 0 Å². The monoisotopic (exact) mass is 363 g/mol. The molecule has 136 valence electrons. The molecule has 1 aliphatic rings.